The van der Waals surface area contributed by atoms with E-state index in [1.807, 2.05) is 0 Å². The lowest BCUT2D eigenvalue weighted by atomic mass is 9.99. The fourth-order valence-corrected chi connectivity index (χ4v) is 2.84. The molecule has 2 aliphatic heterocycles. The quantitative estimate of drug-likeness (QED) is 0.154. The number of hydrogen-bond acceptors (Lipinski definition) is 13. The molecular weight excluding hydrogens is 388 g/mol. The van der Waals surface area contributed by atoms with E-state index in [2.05, 4.69) is 0 Å². The number of aliphatic hydroxyl groups excluding tert-OH is 7. The highest BCUT2D eigenvalue weighted by atomic mass is 16.8. The van der Waals surface area contributed by atoms with Crippen LogP contribution in [-0.2, 0) is 28.5 Å². The van der Waals surface area contributed by atoms with Crippen molar-refractivity contribution in [2.75, 3.05) is 13.2 Å². The average Bonchev–Trinajstić information content (AvgIpc) is 2.86. The summed E-state index contributed by atoms with van der Waals surface area (Å²) in [6.07, 6.45) is -14.9. The molecule has 0 aliphatic carbocycles. The molecule has 2 saturated heterocycles. The van der Waals surface area contributed by atoms with E-state index >= 15 is 0 Å². The highest BCUT2D eigenvalue weighted by Crippen LogP contribution is 2.36. The van der Waals surface area contributed by atoms with E-state index in [4.69, 9.17) is 18.9 Å². The predicted molar refractivity (Wildman–Crippen MR) is 82.9 cm³/mol. The Kier molecular flexibility index (Phi) is 7.44. The Balaban J connectivity index is 2.15. The van der Waals surface area contributed by atoms with E-state index in [0.717, 1.165) is 6.92 Å². The van der Waals surface area contributed by atoms with Crippen molar-refractivity contribution in [3.8, 4) is 0 Å². The SMILES string of the molecule is CC(=O)CC(=O)OC1OC(CO)(OC2OC(CO)C(O)C(O)C2O)C(O)C1O. The Hall–Kier alpha value is -1.26. The largest absolute Gasteiger partial charge is 0.432 e. The van der Waals surface area contributed by atoms with Crippen LogP contribution in [0.2, 0.25) is 0 Å². The van der Waals surface area contributed by atoms with Crippen LogP contribution in [0.4, 0.5) is 0 Å². The monoisotopic (exact) mass is 412 g/mol. The van der Waals surface area contributed by atoms with E-state index in [1.54, 1.807) is 0 Å². The number of hydrogen-bond donors (Lipinski definition) is 7. The molecule has 0 saturated carbocycles. The Morgan fingerprint density at radius 1 is 0.964 bits per heavy atom. The van der Waals surface area contributed by atoms with E-state index in [-0.39, 0.29) is 0 Å². The number of carbonyl (C=O) groups excluding carboxylic acids is 2. The van der Waals surface area contributed by atoms with Gasteiger partial charge in [-0.25, -0.2) is 0 Å². The molecule has 0 bridgehead atoms. The molecule has 0 spiro atoms. The van der Waals surface area contributed by atoms with Crippen molar-refractivity contribution in [2.45, 2.75) is 68.3 Å². The van der Waals surface area contributed by atoms with Gasteiger partial charge in [0.05, 0.1) is 6.61 Å². The van der Waals surface area contributed by atoms with Crippen molar-refractivity contribution >= 4 is 11.8 Å². The minimum atomic E-state index is -2.45. The van der Waals surface area contributed by atoms with Gasteiger partial charge in [-0.3, -0.25) is 9.59 Å². The minimum absolute atomic E-state index is 0.524. The molecule has 2 rings (SSSR count). The summed E-state index contributed by atoms with van der Waals surface area (Å²) < 4.78 is 20.2. The van der Waals surface area contributed by atoms with Crippen LogP contribution in [0.3, 0.4) is 0 Å². The topological polar surface area (TPSA) is 213 Å². The predicted octanol–water partition coefficient (Wildman–Crippen LogP) is -4.91. The van der Waals surface area contributed by atoms with Gasteiger partial charge in [-0.2, -0.15) is 0 Å². The highest BCUT2D eigenvalue weighted by molar-refractivity contribution is 5.94. The van der Waals surface area contributed by atoms with Crippen molar-refractivity contribution in [3.63, 3.8) is 0 Å². The Bertz CT molecular complexity index is 568. The van der Waals surface area contributed by atoms with E-state index < -0.39 is 86.4 Å². The van der Waals surface area contributed by atoms with Crippen LogP contribution in [0.5, 0.6) is 0 Å². The van der Waals surface area contributed by atoms with Crippen LogP contribution in [0.1, 0.15) is 13.3 Å². The van der Waals surface area contributed by atoms with Crippen LogP contribution in [-0.4, -0.2) is 116 Å². The molecule has 28 heavy (non-hydrogen) atoms. The molecule has 0 aromatic heterocycles. The average molecular weight is 412 g/mol. The first-order valence-electron chi connectivity index (χ1n) is 8.38. The van der Waals surface area contributed by atoms with Gasteiger partial charge in [0.2, 0.25) is 12.1 Å². The summed E-state index contributed by atoms with van der Waals surface area (Å²) in [5.41, 5.74) is 0. The molecule has 9 unspecified atom stereocenters. The smallest absolute Gasteiger partial charge is 0.315 e. The Labute approximate surface area is 158 Å². The maximum absolute atomic E-state index is 11.6. The number of ketones is 1. The van der Waals surface area contributed by atoms with Gasteiger partial charge in [0.25, 0.3) is 0 Å². The number of esters is 1. The molecule has 9 atom stereocenters. The number of Topliss-reactive ketones (excluding diaryl/α,β-unsaturated/α-hetero) is 1. The molecule has 7 N–H and O–H groups in total. The lowest BCUT2D eigenvalue weighted by Gasteiger charge is -2.43. The Morgan fingerprint density at radius 3 is 2.14 bits per heavy atom. The van der Waals surface area contributed by atoms with Crippen LogP contribution in [0.15, 0.2) is 0 Å². The van der Waals surface area contributed by atoms with Gasteiger partial charge in [-0.15, -0.1) is 0 Å². The van der Waals surface area contributed by atoms with Crippen LogP contribution in [0, 0.1) is 0 Å². The maximum Gasteiger partial charge on any atom is 0.315 e. The van der Waals surface area contributed by atoms with E-state index in [9.17, 15) is 45.3 Å². The van der Waals surface area contributed by atoms with E-state index in [0.29, 0.717) is 0 Å². The summed E-state index contributed by atoms with van der Waals surface area (Å²) in [6.45, 7) is -0.739. The summed E-state index contributed by atoms with van der Waals surface area (Å²) in [5.74, 6) is -4.04. The first-order chi connectivity index (χ1) is 13.1. The molecule has 2 fully saturated rings. The van der Waals surface area contributed by atoms with Crippen LogP contribution >= 0.6 is 0 Å². The molecule has 2 heterocycles. The third-order valence-electron chi connectivity index (χ3n) is 4.39. The lowest BCUT2D eigenvalue weighted by Crippen LogP contribution is -2.62. The fourth-order valence-electron chi connectivity index (χ4n) is 2.84. The summed E-state index contributed by atoms with van der Waals surface area (Å²) in [5, 5.41) is 68.6. The number of rotatable bonds is 7. The molecule has 0 radical (unpaired) electrons. The number of ether oxygens (including phenoxy) is 4. The number of carbonyl (C=O) groups is 2. The summed E-state index contributed by atoms with van der Waals surface area (Å²) >= 11 is 0. The third-order valence-corrected chi connectivity index (χ3v) is 4.39. The van der Waals surface area contributed by atoms with Crippen LogP contribution in [0.25, 0.3) is 0 Å². The van der Waals surface area contributed by atoms with Crippen LogP contribution < -0.4 is 0 Å². The van der Waals surface area contributed by atoms with Gasteiger partial charge in [0.1, 0.15) is 55.4 Å². The van der Waals surface area contributed by atoms with Crippen molar-refractivity contribution in [3.05, 3.63) is 0 Å². The molecular formula is C15H24O13. The van der Waals surface area contributed by atoms with Gasteiger partial charge in [0, 0.05) is 0 Å². The molecule has 13 heteroatoms. The van der Waals surface area contributed by atoms with Crippen molar-refractivity contribution < 1.29 is 64.3 Å². The van der Waals surface area contributed by atoms with Crippen molar-refractivity contribution in [1.29, 1.82) is 0 Å². The van der Waals surface area contributed by atoms with Gasteiger partial charge in [-0.05, 0) is 6.92 Å². The second kappa shape index (κ2) is 9.04. The van der Waals surface area contributed by atoms with Gasteiger partial charge in [0.15, 0.2) is 6.29 Å². The summed E-state index contributed by atoms with van der Waals surface area (Å²) in [4.78, 5) is 22.5. The summed E-state index contributed by atoms with van der Waals surface area (Å²) in [7, 11) is 0. The second-order valence-corrected chi connectivity index (χ2v) is 6.58. The second-order valence-electron chi connectivity index (χ2n) is 6.58. The molecule has 162 valence electrons. The molecule has 2 aliphatic rings. The van der Waals surface area contributed by atoms with E-state index in [1.165, 1.54) is 0 Å². The van der Waals surface area contributed by atoms with Crippen molar-refractivity contribution in [1.82, 2.24) is 0 Å². The maximum atomic E-state index is 11.6. The zero-order chi connectivity index (χ0) is 21.2. The fraction of sp³-hybridized carbons (Fsp3) is 0.867. The zero-order valence-electron chi connectivity index (χ0n) is 14.8. The lowest BCUT2D eigenvalue weighted by molar-refractivity contribution is -0.389. The highest BCUT2D eigenvalue weighted by Gasteiger charge is 2.59. The molecule has 0 aromatic carbocycles. The minimum Gasteiger partial charge on any atom is -0.432 e. The number of aliphatic hydroxyl groups is 7. The normalized spacial score (nSPS) is 43.7. The van der Waals surface area contributed by atoms with Crippen molar-refractivity contribution in [2.24, 2.45) is 0 Å². The molecule has 0 amide bonds. The van der Waals surface area contributed by atoms with Gasteiger partial charge < -0.3 is 54.7 Å². The standard InChI is InChI=1S/C15H24O13/c1-5(18)2-7(19)26-14-11(23)12(24)15(4-17,28-14)27-13-10(22)9(21)8(20)6(3-16)25-13/h6,8-14,16-17,20-24H,2-4H2,1H3. The Morgan fingerprint density at radius 2 is 1.61 bits per heavy atom. The summed E-state index contributed by atoms with van der Waals surface area (Å²) in [6, 6.07) is 0. The molecule has 0 aromatic rings. The molecule has 13 nitrogen and oxygen atoms in total. The first kappa shape index (κ1) is 23.0. The van der Waals surface area contributed by atoms with Gasteiger partial charge >= 0.3 is 5.97 Å². The van der Waals surface area contributed by atoms with Gasteiger partial charge in [-0.1, -0.05) is 0 Å². The first-order valence-corrected chi connectivity index (χ1v) is 8.38. The third kappa shape index (κ3) is 4.49. The zero-order valence-corrected chi connectivity index (χ0v) is 14.8.